The monoisotopic (exact) mass is 130 g/mol. The second-order valence-electron chi connectivity index (χ2n) is 2.46. The summed E-state index contributed by atoms with van der Waals surface area (Å²) in [5, 5.41) is 8.50. The van der Waals surface area contributed by atoms with E-state index >= 15 is 0 Å². The van der Waals surface area contributed by atoms with Gasteiger partial charge in [-0.15, -0.1) is 0 Å². The molecule has 9 heavy (non-hydrogen) atoms. The zero-order chi connectivity index (χ0) is 6.85. The van der Waals surface area contributed by atoms with Gasteiger partial charge in [-0.1, -0.05) is 6.92 Å². The van der Waals surface area contributed by atoms with Crippen LogP contribution >= 0.6 is 0 Å². The van der Waals surface area contributed by atoms with E-state index in [4.69, 9.17) is 9.84 Å². The molecule has 1 aliphatic rings. The van der Waals surface area contributed by atoms with Crippen molar-refractivity contribution in [2.24, 2.45) is 11.8 Å². The standard InChI is InChI=1S/C6H10O3/c1-4-2-9-3-5(4)6(7)8/h4-5H,2-3H2,1H3,(H,7,8)/t4-,5-/m0/s1. The highest BCUT2D eigenvalue weighted by molar-refractivity contribution is 5.70. The molecule has 0 radical (unpaired) electrons. The Morgan fingerprint density at radius 1 is 1.67 bits per heavy atom. The Labute approximate surface area is 53.6 Å². The Hall–Kier alpha value is -0.570. The predicted octanol–water partition coefficient (Wildman–Crippen LogP) is 0.354. The summed E-state index contributed by atoms with van der Waals surface area (Å²) in [5.41, 5.74) is 0. The number of rotatable bonds is 1. The lowest BCUT2D eigenvalue weighted by Gasteiger charge is -2.04. The molecule has 3 nitrogen and oxygen atoms in total. The summed E-state index contributed by atoms with van der Waals surface area (Å²) in [7, 11) is 0. The molecule has 1 heterocycles. The first-order valence-electron chi connectivity index (χ1n) is 3.02. The van der Waals surface area contributed by atoms with Gasteiger partial charge in [-0.3, -0.25) is 4.79 Å². The molecule has 0 aromatic heterocycles. The zero-order valence-corrected chi connectivity index (χ0v) is 5.33. The highest BCUT2D eigenvalue weighted by atomic mass is 16.5. The van der Waals surface area contributed by atoms with Crippen LogP contribution in [0.1, 0.15) is 6.92 Å². The van der Waals surface area contributed by atoms with Crippen LogP contribution in [0.3, 0.4) is 0 Å². The maximum absolute atomic E-state index is 10.3. The first-order chi connectivity index (χ1) is 4.22. The van der Waals surface area contributed by atoms with E-state index in [0.29, 0.717) is 13.2 Å². The molecular weight excluding hydrogens is 120 g/mol. The van der Waals surface area contributed by atoms with Gasteiger partial charge in [0, 0.05) is 0 Å². The molecule has 0 unspecified atom stereocenters. The van der Waals surface area contributed by atoms with Gasteiger partial charge in [0.05, 0.1) is 19.1 Å². The van der Waals surface area contributed by atoms with Crippen molar-refractivity contribution < 1.29 is 14.6 Å². The molecule has 52 valence electrons. The van der Waals surface area contributed by atoms with E-state index < -0.39 is 5.97 Å². The van der Waals surface area contributed by atoms with Crippen molar-refractivity contribution >= 4 is 5.97 Å². The van der Waals surface area contributed by atoms with E-state index in [1.165, 1.54) is 0 Å². The lowest BCUT2D eigenvalue weighted by Crippen LogP contribution is -2.19. The molecule has 0 saturated carbocycles. The van der Waals surface area contributed by atoms with Crippen molar-refractivity contribution in [3.63, 3.8) is 0 Å². The van der Waals surface area contributed by atoms with Gasteiger partial charge in [0.25, 0.3) is 0 Å². The number of carbonyl (C=O) groups is 1. The maximum atomic E-state index is 10.3. The summed E-state index contributed by atoms with van der Waals surface area (Å²) in [5.74, 6) is -0.826. The summed E-state index contributed by atoms with van der Waals surface area (Å²) in [4.78, 5) is 10.3. The number of hydrogen-bond acceptors (Lipinski definition) is 2. The molecule has 1 fully saturated rings. The van der Waals surface area contributed by atoms with Crippen molar-refractivity contribution in [3.8, 4) is 0 Å². The van der Waals surface area contributed by atoms with Gasteiger partial charge < -0.3 is 9.84 Å². The molecule has 0 aliphatic carbocycles. The van der Waals surface area contributed by atoms with Gasteiger partial charge in [0.1, 0.15) is 0 Å². The van der Waals surface area contributed by atoms with Crippen LogP contribution in [-0.4, -0.2) is 24.3 Å². The molecule has 1 saturated heterocycles. The molecule has 0 bridgehead atoms. The van der Waals surface area contributed by atoms with E-state index in [-0.39, 0.29) is 11.8 Å². The van der Waals surface area contributed by atoms with E-state index in [2.05, 4.69) is 0 Å². The van der Waals surface area contributed by atoms with E-state index in [0.717, 1.165) is 0 Å². The minimum Gasteiger partial charge on any atom is -0.481 e. The third-order valence-corrected chi connectivity index (χ3v) is 1.68. The molecule has 0 aromatic carbocycles. The molecule has 0 amide bonds. The second-order valence-corrected chi connectivity index (χ2v) is 2.46. The summed E-state index contributed by atoms with van der Waals surface area (Å²) < 4.78 is 4.95. The van der Waals surface area contributed by atoms with Gasteiger partial charge in [0.15, 0.2) is 0 Å². The molecule has 1 N–H and O–H groups in total. The van der Waals surface area contributed by atoms with Crippen LogP contribution < -0.4 is 0 Å². The quantitative estimate of drug-likeness (QED) is 0.557. The minimum atomic E-state index is -0.736. The third kappa shape index (κ3) is 1.21. The van der Waals surface area contributed by atoms with Crippen molar-refractivity contribution in [2.75, 3.05) is 13.2 Å². The lowest BCUT2D eigenvalue weighted by atomic mass is 9.99. The SMILES string of the molecule is C[C@H]1COC[C@@H]1C(=O)O. The van der Waals surface area contributed by atoms with Crippen LogP contribution in [-0.2, 0) is 9.53 Å². The number of carboxylic acids is 1. The van der Waals surface area contributed by atoms with Crippen LogP contribution in [0.15, 0.2) is 0 Å². The van der Waals surface area contributed by atoms with Crippen LogP contribution in [0.5, 0.6) is 0 Å². The fourth-order valence-electron chi connectivity index (χ4n) is 0.976. The average molecular weight is 130 g/mol. The summed E-state index contributed by atoms with van der Waals surface area (Å²) >= 11 is 0. The molecule has 1 rings (SSSR count). The fourth-order valence-corrected chi connectivity index (χ4v) is 0.976. The number of ether oxygens (including phenoxy) is 1. The molecule has 0 aromatic rings. The highest BCUT2D eigenvalue weighted by Gasteiger charge is 2.30. The van der Waals surface area contributed by atoms with Gasteiger partial charge in [-0.2, -0.15) is 0 Å². The smallest absolute Gasteiger partial charge is 0.309 e. The van der Waals surface area contributed by atoms with Gasteiger partial charge >= 0.3 is 5.97 Å². The van der Waals surface area contributed by atoms with Gasteiger partial charge in [0.2, 0.25) is 0 Å². The summed E-state index contributed by atoms with van der Waals surface area (Å²) in [6.07, 6.45) is 0. The Morgan fingerprint density at radius 3 is 2.56 bits per heavy atom. The maximum Gasteiger partial charge on any atom is 0.309 e. The normalized spacial score (nSPS) is 34.8. The molecule has 3 heteroatoms. The van der Waals surface area contributed by atoms with Crippen LogP contribution in [0.4, 0.5) is 0 Å². The summed E-state index contributed by atoms with van der Waals surface area (Å²) in [6, 6.07) is 0. The third-order valence-electron chi connectivity index (χ3n) is 1.68. The Kier molecular flexibility index (Phi) is 1.71. The van der Waals surface area contributed by atoms with Crippen molar-refractivity contribution in [2.45, 2.75) is 6.92 Å². The van der Waals surface area contributed by atoms with Crippen LogP contribution in [0.2, 0.25) is 0 Å². The molecular formula is C6H10O3. The van der Waals surface area contributed by atoms with E-state index in [1.807, 2.05) is 6.92 Å². The molecule has 2 atom stereocenters. The number of hydrogen-bond donors (Lipinski definition) is 1. The zero-order valence-electron chi connectivity index (χ0n) is 5.33. The van der Waals surface area contributed by atoms with Gasteiger partial charge in [-0.25, -0.2) is 0 Å². The van der Waals surface area contributed by atoms with E-state index in [9.17, 15) is 4.79 Å². The van der Waals surface area contributed by atoms with Crippen molar-refractivity contribution in [1.82, 2.24) is 0 Å². The first-order valence-corrected chi connectivity index (χ1v) is 3.02. The topological polar surface area (TPSA) is 46.5 Å². The van der Waals surface area contributed by atoms with Crippen molar-refractivity contribution in [3.05, 3.63) is 0 Å². The lowest BCUT2D eigenvalue weighted by molar-refractivity contribution is -0.142. The van der Waals surface area contributed by atoms with E-state index in [1.54, 1.807) is 0 Å². The fraction of sp³-hybridized carbons (Fsp3) is 0.833. The predicted molar refractivity (Wildman–Crippen MR) is 31.1 cm³/mol. The number of carboxylic acid groups (broad SMARTS) is 1. The Bertz CT molecular complexity index is 121. The second kappa shape index (κ2) is 2.35. The van der Waals surface area contributed by atoms with Gasteiger partial charge in [-0.05, 0) is 5.92 Å². The minimum absolute atomic E-state index is 0.183. The summed E-state index contributed by atoms with van der Waals surface area (Å²) in [6.45, 7) is 2.87. The van der Waals surface area contributed by atoms with Crippen LogP contribution in [0.25, 0.3) is 0 Å². The molecule has 0 spiro atoms. The Balaban J connectivity index is 2.49. The first kappa shape index (κ1) is 6.55. The largest absolute Gasteiger partial charge is 0.481 e. The highest BCUT2D eigenvalue weighted by Crippen LogP contribution is 2.19. The number of aliphatic carboxylic acids is 1. The van der Waals surface area contributed by atoms with Crippen molar-refractivity contribution in [1.29, 1.82) is 0 Å². The molecule has 1 aliphatic heterocycles. The Morgan fingerprint density at radius 2 is 2.33 bits per heavy atom. The van der Waals surface area contributed by atoms with Crippen LogP contribution in [0, 0.1) is 11.8 Å². The average Bonchev–Trinajstić information content (AvgIpc) is 2.13.